The van der Waals surface area contributed by atoms with Gasteiger partial charge in [0.15, 0.2) is 0 Å². The third kappa shape index (κ3) is 17.6. The SMILES string of the molecule is CCCCCCCCCCC(C)(CCCCC)C(=NO)C(C)(CCCCC)CCCCCCCCCC. The van der Waals surface area contributed by atoms with E-state index in [9.17, 15) is 5.21 Å². The van der Waals surface area contributed by atoms with E-state index < -0.39 is 0 Å². The van der Waals surface area contributed by atoms with Gasteiger partial charge >= 0.3 is 0 Å². The molecule has 2 unspecified atom stereocenters. The summed E-state index contributed by atoms with van der Waals surface area (Å²) in [5.74, 6) is 0. The average molecular weight is 522 g/mol. The molecule has 0 saturated carbocycles. The van der Waals surface area contributed by atoms with Gasteiger partial charge in [0.1, 0.15) is 0 Å². The van der Waals surface area contributed by atoms with Gasteiger partial charge in [-0.3, -0.25) is 0 Å². The van der Waals surface area contributed by atoms with E-state index in [1.807, 2.05) is 0 Å². The normalized spacial score (nSPS) is 14.9. The van der Waals surface area contributed by atoms with Gasteiger partial charge in [-0.25, -0.2) is 0 Å². The highest BCUT2D eigenvalue weighted by atomic mass is 16.4. The predicted molar refractivity (Wildman–Crippen MR) is 168 cm³/mol. The van der Waals surface area contributed by atoms with Crippen LogP contribution in [0.5, 0.6) is 0 Å². The minimum atomic E-state index is 0.0350. The molecule has 0 aromatic heterocycles. The van der Waals surface area contributed by atoms with Crippen molar-refractivity contribution in [3.63, 3.8) is 0 Å². The zero-order chi connectivity index (χ0) is 27.7. The Kier molecular flexibility index (Phi) is 24.2. The summed E-state index contributed by atoms with van der Waals surface area (Å²) in [5, 5.41) is 14.7. The Hall–Kier alpha value is -0.530. The first-order chi connectivity index (χ1) is 17.9. The number of unbranched alkanes of at least 4 members (excludes halogenated alkanes) is 18. The van der Waals surface area contributed by atoms with Crippen LogP contribution in [0.25, 0.3) is 0 Å². The van der Waals surface area contributed by atoms with E-state index in [4.69, 9.17) is 0 Å². The van der Waals surface area contributed by atoms with Gasteiger partial charge in [-0.1, -0.05) is 188 Å². The van der Waals surface area contributed by atoms with Crippen molar-refractivity contribution in [2.75, 3.05) is 0 Å². The van der Waals surface area contributed by atoms with E-state index in [1.54, 1.807) is 0 Å². The van der Waals surface area contributed by atoms with Gasteiger partial charge in [0.2, 0.25) is 0 Å². The Labute approximate surface area is 235 Å². The van der Waals surface area contributed by atoms with Crippen molar-refractivity contribution in [3.8, 4) is 0 Å². The summed E-state index contributed by atoms with van der Waals surface area (Å²) in [7, 11) is 0. The topological polar surface area (TPSA) is 32.6 Å². The molecule has 2 nitrogen and oxygen atoms in total. The summed E-state index contributed by atoms with van der Waals surface area (Å²) in [6.07, 6.45) is 34.1. The molecule has 1 N–H and O–H groups in total. The van der Waals surface area contributed by atoms with Crippen LogP contribution in [0, 0.1) is 10.8 Å². The molecular weight excluding hydrogens is 450 g/mol. The minimum absolute atomic E-state index is 0.0350. The standard InChI is InChI=1S/C35H71NO/c1-7-11-15-17-19-21-23-27-31-34(5,29-25-13-9-3)33(36-37)35(6,30-26-14-10-4)32-28-24-22-20-18-16-12-8-2/h37H,7-32H2,1-6H3. The highest BCUT2D eigenvalue weighted by molar-refractivity contribution is 5.94. The summed E-state index contributed by atoms with van der Waals surface area (Å²) in [4.78, 5) is 0. The van der Waals surface area contributed by atoms with Gasteiger partial charge in [-0.15, -0.1) is 0 Å². The first-order valence-electron chi connectivity index (χ1n) is 17.2. The lowest BCUT2D eigenvalue weighted by atomic mass is 9.63. The van der Waals surface area contributed by atoms with Crippen LogP contribution < -0.4 is 0 Å². The summed E-state index contributed by atoms with van der Waals surface area (Å²) in [5.41, 5.74) is 1.22. The van der Waals surface area contributed by atoms with Crippen LogP contribution in [0.2, 0.25) is 0 Å². The Balaban J connectivity index is 5.20. The van der Waals surface area contributed by atoms with E-state index >= 15 is 0 Å². The maximum Gasteiger partial charge on any atom is 0.0688 e. The third-order valence-corrected chi connectivity index (χ3v) is 9.07. The fourth-order valence-electron chi connectivity index (χ4n) is 6.52. The van der Waals surface area contributed by atoms with E-state index in [0.29, 0.717) is 0 Å². The lowest BCUT2D eigenvalue weighted by Gasteiger charge is -2.41. The highest BCUT2D eigenvalue weighted by Crippen LogP contribution is 2.45. The lowest BCUT2D eigenvalue weighted by Crippen LogP contribution is -2.41. The van der Waals surface area contributed by atoms with Gasteiger partial charge < -0.3 is 5.21 Å². The molecule has 0 aromatic carbocycles. The summed E-state index contributed by atoms with van der Waals surface area (Å²) >= 11 is 0. The molecule has 0 aromatic rings. The first kappa shape index (κ1) is 36.5. The Morgan fingerprint density at radius 3 is 0.892 bits per heavy atom. The van der Waals surface area contributed by atoms with Gasteiger partial charge in [0.05, 0.1) is 5.71 Å². The molecule has 2 atom stereocenters. The quantitative estimate of drug-likeness (QED) is 0.0472. The molecule has 0 bridgehead atoms. The van der Waals surface area contributed by atoms with Crippen molar-refractivity contribution in [1.29, 1.82) is 0 Å². The molecule has 0 aliphatic heterocycles. The molecule has 0 radical (unpaired) electrons. The molecular formula is C35H71NO. The molecule has 2 heteroatoms. The van der Waals surface area contributed by atoms with Crippen molar-refractivity contribution in [1.82, 2.24) is 0 Å². The third-order valence-electron chi connectivity index (χ3n) is 9.07. The van der Waals surface area contributed by atoms with Crippen molar-refractivity contribution >= 4 is 5.71 Å². The molecule has 0 fully saturated rings. The van der Waals surface area contributed by atoms with Gasteiger partial charge in [0, 0.05) is 10.8 Å². The Morgan fingerprint density at radius 2 is 0.622 bits per heavy atom. The largest absolute Gasteiger partial charge is 0.411 e. The summed E-state index contributed by atoms with van der Waals surface area (Å²) < 4.78 is 0. The molecule has 0 aliphatic carbocycles. The monoisotopic (exact) mass is 522 g/mol. The Bertz CT molecular complexity index is 473. The van der Waals surface area contributed by atoms with Crippen LogP contribution in [0.1, 0.15) is 208 Å². The van der Waals surface area contributed by atoms with E-state index in [-0.39, 0.29) is 10.8 Å². The van der Waals surface area contributed by atoms with Crippen LogP contribution in [-0.4, -0.2) is 10.9 Å². The fourth-order valence-corrected chi connectivity index (χ4v) is 6.52. The second-order valence-corrected chi connectivity index (χ2v) is 12.9. The van der Waals surface area contributed by atoms with E-state index in [1.165, 1.54) is 167 Å². The lowest BCUT2D eigenvalue weighted by molar-refractivity contribution is 0.244. The molecule has 0 saturated heterocycles. The zero-order valence-electron chi connectivity index (χ0n) is 26.8. The minimum Gasteiger partial charge on any atom is -0.411 e. The second-order valence-electron chi connectivity index (χ2n) is 12.9. The van der Waals surface area contributed by atoms with Crippen molar-refractivity contribution in [2.24, 2.45) is 16.0 Å². The van der Waals surface area contributed by atoms with Crippen LogP contribution in [0.15, 0.2) is 5.16 Å². The van der Waals surface area contributed by atoms with Gasteiger partial charge in [0.25, 0.3) is 0 Å². The van der Waals surface area contributed by atoms with Crippen molar-refractivity contribution in [2.45, 2.75) is 208 Å². The maximum absolute atomic E-state index is 10.5. The average Bonchev–Trinajstić information content (AvgIpc) is 2.88. The summed E-state index contributed by atoms with van der Waals surface area (Å²) in [6, 6.07) is 0. The first-order valence-corrected chi connectivity index (χ1v) is 17.2. The van der Waals surface area contributed by atoms with Crippen molar-refractivity contribution < 1.29 is 5.21 Å². The van der Waals surface area contributed by atoms with E-state index in [2.05, 4.69) is 46.7 Å². The van der Waals surface area contributed by atoms with Crippen LogP contribution in [0.4, 0.5) is 0 Å². The molecule has 222 valence electrons. The maximum atomic E-state index is 10.5. The van der Waals surface area contributed by atoms with Crippen LogP contribution in [0.3, 0.4) is 0 Å². The summed E-state index contributed by atoms with van der Waals surface area (Å²) in [6.45, 7) is 14.1. The number of rotatable bonds is 28. The number of hydrogen-bond donors (Lipinski definition) is 1. The molecule has 0 heterocycles. The molecule has 37 heavy (non-hydrogen) atoms. The molecule has 0 rings (SSSR count). The number of oxime groups is 1. The molecule has 0 amide bonds. The Morgan fingerprint density at radius 1 is 0.405 bits per heavy atom. The highest BCUT2D eigenvalue weighted by Gasteiger charge is 2.42. The number of nitrogens with zero attached hydrogens (tertiary/aromatic N) is 1. The van der Waals surface area contributed by atoms with Crippen LogP contribution >= 0.6 is 0 Å². The van der Waals surface area contributed by atoms with Crippen LogP contribution in [-0.2, 0) is 0 Å². The molecule has 0 spiro atoms. The fraction of sp³-hybridized carbons (Fsp3) is 0.971. The smallest absolute Gasteiger partial charge is 0.0688 e. The molecule has 0 aliphatic rings. The zero-order valence-corrected chi connectivity index (χ0v) is 26.8. The van der Waals surface area contributed by atoms with Gasteiger partial charge in [-0.2, -0.15) is 0 Å². The predicted octanol–water partition coefficient (Wildman–Crippen LogP) is 13.1. The number of hydrogen-bond acceptors (Lipinski definition) is 2. The van der Waals surface area contributed by atoms with E-state index in [0.717, 1.165) is 5.71 Å². The van der Waals surface area contributed by atoms with Crippen molar-refractivity contribution in [3.05, 3.63) is 0 Å². The second kappa shape index (κ2) is 24.5. The van der Waals surface area contributed by atoms with Gasteiger partial charge in [-0.05, 0) is 25.7 Å².